The molecule has 38 heavy (non-hydrogen) atoms. The van der Waals surface area contributed by atoms with Crippen LogP contribution in [0.5, 0.6) is 5.75 Å². The van der Waals surface area contributed by atoms with E-state index in [1.165, 1.54) is 0 Å². The van der Waals surface area contributed by atoms with Crippen LogP contribution < -0.4 is 10.6 Å². The normalized spacial score (nSPS) is 12.2. The first-order valence-corrected chi connectivity index (χ1v) is 14.5. The Balaban J connectivity index is 1.76. The van der Waals surface area contributed by atoms with Crippen LogP contribution in [-0.2, 0) is 4.57 Å². The maximum Gasteiger partial charge on any atom is 0.165 e. The molecule has 0 radical (unpaired) electrons. The average molecular weight is 531 g/mol. The van der Waals surface area contributed by atoms with Crippen LogP contribution in [-0.4, -0.2) is 5.11 Å². The number of rotatable bonds is 5. The quantitative estimate of drug-likeness (QED) is 0.226. The van der Waals surface area contributed by atoms with Crippen molar-refractivity contribution in [1.82, 2.24) is 0 Å². The number of phenolic OH excluding ortho intramolecular Hbond substituents is 1. The van der Waals surface area contributed by atoms with Crippen molar-refractivity contribution in [3.63, 3.8) is 0 Å². The molecule has 0 saturated carbocycles. The van der Waals surface area contributed by atoms with Gasteiger partial charge in [0.1, 0.15) is 5.75 Å². The van der Waals surface area contributed by atoms with Crippen molar-refractivity contribution in [3.8, 4) is 5.75 Å². The van der Waals surface area contributed by atoms with Crippen molar-refractivity contribution in [3.05, 3.63) is 155 Å². The first-order chi connectivity index (χ1) is 18.5. The summed E-state index contributed by atoms with van der Waals surface area (Å²) in [6.45, 7) is 0. The lowest BCUT2D eigenvalue weighted by Crippen LogP contribution is -2.17. The zero-order valence-corrected chi connectivity index (χ0v) is 22.1. The van der Waals surface area contributed by atoms with Crippen molar-refractivity contribution in [1.29, 1.82) is 0 Å². The Morgan fingerprint density at radius 2 is 1.16 bits per heavy atom. The molecule has 0 unspecified atom stereocenters. The van der Waals surface area contributed by atoms with E-state index in [9.17, 15) is 5.11 Å². The summed E-state index contributed by atoms with van der Waals surface area (Å²) in [6, 6.07) is 42.7. The Morgan fingerprint density at radius 3 is 1.76 bits per heavy atom. The van der Waals surface area contributed by atoms with Gasteiger partial charge in [-0.2, -0.15) is 0 Å². The summed E-state index contributed by atoms with van der Waals surface area (Å²) in [5, 5.41) is 16.9. The smallest absolute Gasteiger partial charge is 0.165 e. The molecule has 0 fully saturated rings. The van der Waals surface area contributed by atoms with Crippen LogP contribution in [0.1, 0.15) is 11.1 Å². The summed E-state index contributed by atoms with van der Waals surface area (Å²) in [5.74, 6) is 1.93. The summed E-state index contributed by atoms with van der Waals surface area (Å²) in [7, 11) is -3.45. The average Bonchev–Trinajstić information content (AvgIpc) is 2.97. The van der Waals surface area contributed by atoms with Gasteiger partial charge in [-0.3, -0.25) is 0 Å². The molecule has 2 nitrogen and oxygen atoms in total. The van der Waals surface area contributed by atoms with E-state index in [1.807, 2.05) is 121 Å². The van der Waals surface area contributed by atoms with E-state index in [4.69, 9.17) is 11.6 Å². The minimum absolute atomic E-state index is 0.0758. The number of phenols is 1. The zero-order valence-electron chi connectivity index (χ0n) is 20.5. The number of halogens is 1. The summed E-state index contributed by atoms with van der Waals surface area (Å²) in [4.78, 5) is 0. The van der Waals surface area contributed by atoms with Crippen LogP contribution in [0.15, 0.2) is 139 Å². The van der Waals surface area contributed by atoms with Crippen molar-refractivity contribution in [2.24, 2.45) is 0 Å². The van der Waals surface area contributed by atoms with Crippen LogP contribution in [0.25, 0.3) is 27.1 Å². The highest BCUT2D eigenvalue weighted by molar-refractivity contribution is 7.82. The molecule has 0 saturated heterocycles. The highest BCUT2D eigenvalue weighted by atomic mass is 35.5. The van der Waals surface area contributed by atoms with Crippen molar-refractivity contribution in [2.75, 3.05) is 0 Å². The van der Waals surface area contributed by atoms with Crippen LogP contribution >= 0.6 is 18.7 Å². The van der Waals surface area contributed by atoms with Crippen LogP contribution in [0.2, 0.25) is 5.02 Å². The summed E-state index contributed by atoms with van der Waals surface area (Å²) in [6.07, 6.45) is 0. The molecule has 0 aromatic heterocycles. The van der Waals surface area contributed by atoms with E-state index in [0.717, 1.165) is 37.7 Å². The molecule has 0 amide bonds. The topological polar surface area (TPSA) is 37.3 Å². The van der Waals surface area contributed by atoms with Gasteiger partial charge < -0.3 is 9.67 Å². The Kier molecular flexibility index (Phi) is 6.37. The van der Waals surface area contributed by atoms with E-state index in [2.05, 4.69) is 0 Å². The van der Waals surface area contributed by atoms with Gasteiger partial charge in [0, 0.05) is 21.2 Å². The molecule has 0 atom stereocenters. The molecular weight excluding hydrogens is 507 g/mol. The third-order valence-corrected chi connectivity index (χ3v) is 9.96. The molecule has 6 rings (SSSR count). The Bertz CT molecular complexity index is 1780. The molecular formula is C34H24ClO2P. The number of aromatic hydroxyl groups is 1. The molecule has 4 heteroatoms. The van der Waals surface area contributed by atoms with Gasteiger partial charge in [-0.15, -0.1) is 0 Å². The van der Waals surface area contributed by atoms with Crippen molar-refractivity contribution < 1.29 is 9.67 Å². The van der Waals surface area contributed by atoms with Gasteiger partial charge >= 0.3 is 0 Å². The van der Waals surface area contributed by atoms with E-state index in [-0.39, 0.29) is 5.75 Å². The van der Waals surface area contributed by atoms with Gasteiger partial charge in [-0.25, -0.2) is 0 Å². The van der Waals surface area contributed by atoms with Gasteiger partial charge in [-0.1, -0.05) is 127 Å². The number of hydrogen-bond acceptors (Lipinski definition) is 2. The number of benzene rings is 6. The molecule has 0 spiro atoms. The molecule has 6 aromatic carbocycles. The summed E-state index contributed by atoms with van der Waals surface area (Å²) < 4.78 is 15.8. The summed E-state index contributed by atoms with van der Waals surface area (Å²) >= 11 is 6.40. The second-order valence-corrected chi connectivity index (χ2v) is 12.2. The fourth-order valence-corrected chi connectivity index (χ4v) is 8.19. The Labute approximate surface area is 226 Å². The lowest BCUT2D eigenvalue weighted by molar-refractivity contribution is 0.473. The lowest BCUT2D eigenvalue weighted by atomic mass is 9.99. The van der Waals surface area contributed by atoms with Gasteiger partial charge in [-0.05, 0) is 56.7 Å². The zero-order chi connectivity index (χ0) is 26.1. The fourth-order valence-electron chi connectivity index (χ4n) is 5.09. The predicted molar refractivity (Wildman–Crippen MR) is 161 cm³/mol. The van der Waals surface area contributed by atoms with Crippen LogP contribution in [0, 0.1) is 0 Å². The Morgan fingerprint density at radius 1 is 0.632 bits per heavy atom. The second-order valence-electron chi connectivity index (χ2n) is 9.22. The third kappa shape index (κ3) is 4.33. The second kappa shape index (κ2) is 9.99. The standard InChI is InChI=1S/C34H24ClO2P/c35-27-20-21-32(36)30(22-27)31(26-10-2-1-3-11-26)23-38(37,33-18-8-14-24-12-4-6-16-28(24)33)34-19-9-15-25-13-5-7-17-29(25)34/h1-23,36H. The SMILES string of the molecule is O=P(C=C(c1ccccc1)c1cc(Cl)ccc1O)(c1cccc2ccccc12)c1cccc2ccccc12. The highest BCUT2D eigenvalue weighted by Crippen LogP contribution is 2.52. The molecule has 0 heterocycles. The summed E-state index contributed by atoms with van der Waals surface area (Å²) in [5.41, 5.74) is 2.03. The van der Waals surface area contributed by atoms with Crippen LogP contribution in [0.4, 0.5) is 0 Å². The maximum atomic E-state index is 15.8. The minimum atomic E-state index is -3.45. The van der Waals surface area contributed by atoms with Gasteiger partial charge in [0.15, 0.2) is 7.14 Å². The predicted octanol–water partition coefficient (Wildman–Crippen LogP) is 8.76. The highest BCUT2D eigenvalue weighted by Gasteiger charge is 2.30. The largest absolute Gasteiger partial charge is 0.507 e. The fraction of sp³-hybridized carbons (Fsp3) is 0. The van der Waals surface area contributed by atoms with E-state index in [0.29, 0.717) is 16.2 Å². The van der Waals surface area contributed by atoms with Crippen molar-refractivity contribution >= 4 is 56.5 Å². The molecule has 0 bridgehead atoms. The van der Waals surface area contributed by atoms with Gasteiger partial charge in [0.25, 0.3) is 0 Å². The number of hydrogen-bond donors (Lipinski definition) is 1. The van der Waals surface area contributed by atoms with Crippen LogP contribution in [0.3, 0.4) is 0 Å². The first kappa shape index (κ1) is 24.2. The van der Waals surface area contributed by atoms with Gasteiger partial charge in [0.2, 0.25) is 0 Å². The van der Waals surface area contributed by atoms with Gasteiger partial charge in [0.05, 0.1) is 0 Å². The first-order valence-electron chi connectivity index (χ1n) is 12.4. The lowest BCUT2D eigenvalue weighted by Gasteiger charge is -2.22. The minimum Gasteiger partial charge on any atom is -0.507 e. The monoisotopic (exact) mass is 530 g/mol. The molecule has 184 valence electrons. The van der Waals surface area contributed by atoms with E-state index >= 15 is 4.57 Å². The number of fused-ring (bicyclic) bond motifs is 2. The molecule has 1 N–H and O–H groups in total. The molecule has 0 aliphatic rings. The van der Waals surface area contributed by atoms with E-state index in [1.54, 1.807) is 18.2 Å². The molecule has 0 aliphatic heterocycles. The third-order valence-electron chi connectivity index (χ3n) is 6.89. The molecule has 6 aromatic rings. The maximum absolute atomic E-state index is 15.8. The van der Waals surface area contributed by atoms with Crippen molar-refractivity contribution in [2.45, 2.75) is 0 Å². The van der Waals surface area contributed by atoms with E-state index < -0.39 is 7.14 Å². The Hall–Kier alpha value is -4.10. The molecule has 0 aliphatic carbocycles.